The maximum absolute atomic E-state index is 13.3. The van der Waals surface area contributed by atoms with Crippen molar-refractivity contribution in [3.8, 4) is 0 Å². The highest BCUT2D eigenvalue weighted by atomic mass is 35.5. The predicted octanol–water partition coefficient (Wildman–Crippen LogP) is 3.91. The molecule has 30 heavy (non-hydrogen) atoms. The van der Waals surface area contributed by atoms with Crippen LogP contribution < -0.4 is 0 Å². The van der Waals surface area contributed by atoms with Gasteiger partial charge in [-0.05, 0) is 43.5 Å². The molecule has 2 fully saturated rings. The molecular weight excluding hydrogens is 398 g/mol. The van der Waals surface area contributed by atoms with Gasteiger partial charge in [0.15, 0.2) is 0 Å². The van der Waals surface area contributed by atoms with Crippen LogP contribution in [0.25, 0.3) is 0 Å². The van der Waals surface area contributed by atoms with E-state index in [4.69, 9.17) is 11.6 Å². The largest absolute Gasteiger partial charge is 0.375 e. The smallest absolute Gasteiger partial charge is 0.225 e. The van der Waals surface area contributed by atoms with E-state index in [0.29, 0.717) is 18.1 Å². The molecule has 0 unspecified atom stereocenters. The lowest BCUT2D eigenvalue weighted by molar-refractivity contribution is -0.137. The van der Waals surface area contributed by atoms with Crippen LogP contribution in [0.4, 0.5) is 0 Å². The lowest BCUT2D eigenvalue weighted by Crippen LogP contribution is -2.43. The first-order chi connectivity index (χ1) is 14.3. The van der Waals surface area contributed by atoms with Gasteiger partial charge in [-0.25, -0.2) is 0 Å². The normalized spacial score (nSPS) is 22.9. The molecule has 2 aliphatic rings. The van der Waals surface area contributed by atoms with E-state index in [1.165, 1.54) is 5.70 Å². The van der Waals surface area contributed by atoms with E-state index in [9.17, 15) is 9.59 Å². The maximum atomic E-state index is 13.3. The van der Waals surface area contributed by atoms with Gasteiger partial charge in [0, 0.05) is 62.7 Å². The van der Waals surface area contributed by atoms with Crippen LogP contribution in [0.15, 0.2) is 48.7 Å². The molecule has 3 rings (SSSR count). The first-order valence-corrected chi connectivity index (χ1v) is 11.0. The number of rotatable bonds is 5. The van der Waals surface area contributed by atoms with Crippen molar-refractivity contribution in [1.29, 1.82) is 0 Å². The number of halogens is 1. The summed E-state index contributed by atoms with van der Waals surface area (Å²) in [6.07, 6.45) is 5.54. The van der Waals surface area contributed by atoms with Gasteiger partial charge >= 0.3 is 0 Å². The summed E-state index contributed by atoms with van der Waals surface area (Å²) in [5, 5.41) is 0.689. The zero-order valence-corrected chi connectivity index (χ0v) is 18.9. The molecular formula is C24H32ClN3O2. The molecule has 0 saturated carbocycles. The molecule has 2 saturated heterocycles. The monoisotopic (exact) mass is 429 g/mol. The summed E-state index contributed by atoms with van der Waals surface area (Å²) >= 11 is 6.06. The van der Waals surface area contributed by atoms with Crippen LogP contribution in [0.3, 0.4) is 0 Å². The second kappa shape index (κ2) is 9.69. The fraction of sp³-hybridized carbons (Fsp3) is 0.500. The number of piperidine rings is 1. The Morgan fingerprint density at radius 2 is 1.73 bits per heavy atom. The molecule has 0 aromatic heterocycles. The summed E-state index contributed by atoms with van der Waals surface area (Å²) in [7, 11) is 1.83. The number of nitrogens with zero attached hydrogens (tertiary/aromatic N) is 3. The van der Waals surface area contributed by atoms with Gasteiger partial charge in [-0.2, -0.15) is 0 Å². The third-order valence-corrected chi connectivity index (χ3v) is 6.85. The Hall–Kier alpha value is -2.27. The molecule has 1 aromatic rings. The number of amides is 2. The van der Waals surface area contributed by atoms with Crippen LogP contribution in [-0.2, 0) is 9.59 Å². The zero-order chi connectivity index (χ0) is 21.8. The van der Waals surface area contributed by atoms with Crippen molar-refractivity contribution < 1.29 is 9.59 Å². The van der Waals surface area contributed by atoms with Crippen molar-refractivity contribution in [2.75, 3.05) is 33.2 Å². The molecule has 162 valence electrons. The van der Waals surface area contributed by atoms with Gasteiger partial charge in [-0.15, -0.1) is 0 Å². The Balaban J connectivity index is 1.71. The topological polar surface area (TPSA) is 43.9 Å². The number of hydrogen-bond donors (Lipinski definition) is 0. The Morgan fingerprint density at radius 3 is 2.30 bits per heavy atom. The van der Waals surface area contributed by atoms with E-state index in [1.807, 2.05) is 42.3 Å². The highest BCUT2D eigenvalue weighted by Crippen LogP contribution is 2.33. The molecule has 0 spiro atoms. The van der Waals surface area contributed by atoms with Gasteiger partial charge in [-0.3, -0.25) is 9.59 Å². The number of carbonyl (C=O) groups excluding carboxylic acids is 2. The molecule has 6 heteroatoms. The van der Waals surface area contributed by atoms with Gasteiger partial charge in [-0.1, -0.05) is 36.4 Å². The Kier molecular flexibility index (Phi) is 7.24. The summed E-state index contributed by atoms with van der Waals surface area (Å²) in [5.41, 5.74) is 2.32. The van der Waals surface area contributed by atoms with Crippen molar-refractivity contribution in [3.63, 3.8) is 0 Å². The average molecular weight is 430 g/mol. The highest BCUT2D eigenvalue weighted by molar-refractivity contribution is 6.30. The second-order valence-corrected chi connectivity index (χ2v) is 8.84. The Labute approximate surface area is 185 Å². The fourth-order valence-corrected chi connectivity index (χ4v) is 4.77. The minimum absolute atomic E-state index is 0.0195. The number of likely N-dealkylation sites (N-methyl/N-ethyl adjacent to an activating group) is 1. The Morgan fingerprint density at radius 1 is 1.10 bits per heavy atom. The second-order valence-electron chi connectivity index (χ2n) is 8.40. The van der Waals surface area contributed by atoms with Crippen LogP contribution in [0.1, 0.15) is 38.2 Å². The summed E-state index contributed by atoms with van der Waals surface area (Å²) in [6, 6.07) is 7.75. The van der Waals surface area contributed by atoms with Crippen LogP contribution in [0, 0.1) is 5.92 Å². The van der Waals surface area contributed by atoms with E-state index in [0.717, 1.165) is 31.5 Å². The van der Waals surface area contributed by atoms with Crippen molar-refractivity contribution in [2.45, 2.75) is 38.6 Å². The lowest BCUT2D eigenvalue weighted by atomic mass is 9.93. The number of allylic oxidation sites excluding steroid dienone is 3. The van der Waals surface area contributed by atoms with Crippen molar-refractivity contribution in [2.24, 2.45) is 5.92 Å². The van der Waals surface area contributed by atoms with Crippen molar-refractivity contribution in [3.05, 3.63) is 59.3 Å². The molecule has 0 aliphatic carbocycles. The molecule has 5 nitrogen and oxygen atoms in total. The third-order valence-electron chi connectivity index (χ3n) is 6.60. The number of benzene rings is 1. The molecule has 0 N–H and O–H groups in total. The lowest BCUT2D eigenvalue weighted by Gasteiger charge is -2.35. The van der Waals surface area contributed by atoms with E-state index < -0.39 is 0 Å². The summed E-state index contributed by atoms with van der Waals surface area (Å²) in [6.45, 7) is 10.4. The summed E-state index contributed by atoms with van der Waals surface area (Å²) < 4.78 is 0. The summed E-state index contributed by atoms with van der Waals surface area (Å²) in [5.74, 6) is 0.382. The van der Waals surface area contributed by atoms with Gasteiger partial charge in [0.25, 0.3) is 0 Å². The van der Waals surface area contributed by atoms with E-state index in [2.05, 4.69) is 18.4 Å². The van der Waals surface area contributed by atoms with Gasteiger partial charge in [0.1, 0.15) is 0 Å². The minimum atomic E-state index is -0.0227. The van der Waals surface area contributed by atoms with Crippen molar-refractivity contribution >= 4 is 23.4 Å². The molecule has 0 radical (unpaired) electrons. The van der Waals surface area contributed by atoms with E-state index in [1.54, 1.807) is 17.9 Å². The molecule has 0 bridgehead atoms. The minimum Gasteiger partial charge on any atom is -0.375 e. The van der Waals surface area contributed by atoms with Crippen LogP contribution in [-0.4, -0.2) is 65.8 Å². The Bertz CT molecular complexity index is 812. The van der Waals surface area contributed by atoms with E-state index >= 15 is 0 Å². The summed E-state index contributed by atoms with van der Waals surface area (Å²) in [4.78, 5) is 31.5. The van der Waals surface area contributed by atoms with Crippen LogP contribution in [0.2, 0.25) is 5.02 Å². The first kappa shape index (κ1) is 22.4. The molecule has 2 heterocycles. The van der Waals surface area contributed by atoms with Gasteiger partial charge in [0.05, 0.1) is 6.04 Å². The van der Waals surface area contributed by atoms with Crippen LogP contribution >= 0.6 is 11.6 Å². The SMILES string of the molecule is C=C/C=C(\C)N1CCC(C(=O)N2C[C@@H](N(C)C(C)=O)[C@H](c3ccc(Cl)cc3)C2)CC1. The number of carbonyl (C=O) groups is 2. The number of likely N-dealkylation sites (tertiary alicyclic amines) is 2. The molecule has 2 amide bonds. The fourth-order valence-electron chi connectivity index (χ4n) is 4.64. The van der Waals surface area contributed by atoms with Gasteiger partial charge < -0.3 is 14.7 Å². The standard InChI is InChI=1S/C24H32ClN3O2/c1-5-6-17(2)27-13-11-20(12-14-27)24(30)28-15-22(19-7-9-21(25)10-8-19)23(16-28)26(4)18(3)29/h5-10,20,22-23H,1,11-16H2,2-4H3/b17-6+/t22-,23+/m0/s1. The number of hydrogen-bond acceptors (Lipinski definition) is 3. The highest BCUT2D eigenvalue weighted by Gasteiger charge is 2.41. The average Bonchev–Trinajstić information content (AvgIpc) is 3.18. The predicted molar refractivity (Wildman–Crippen MR) is 121 cm³/mol. The van der Waals surface area contributed by atoms with E-state index in [-0.39, 0.29) is 29.7 Å². The van der Waals surface area contributed by atoms with Crippen LogP contribution in [0.5, 0.6) is 0 Å². The van der Waals surface area contributed by atoms with Gasteiger partial charge in [0.2, 0.25) is 11.8 Å². The quantitative estimate of drug-likeness (QED) is 0.666. The molecule has 2 aliphatic heterocycles. The first-order valence-electron chi connectivity index (χ1n) is 10.6. The zero-order valence-electron chi connectivity index (χ0n) is 18.2. The van der Waals surface area contributed by atoms with Crippen molar-refractivity contribution in [1.82, 2.24) is 14.7 Å². The molecule has 2 atom stereocenters. The molecule has 1 aromatic carbocycles. The third kappa shape index (κ3) is 4.89. The maximum Gasteiger partial charge on any atom is 0.225 e.